The number of nitrogen functional groups attached to an aromatic ring is 1. The molecule has 0 aliphatic carbocycles. The van der Waals surface area contributed by atoms with Gasteiger partial charge in [-0.25, -0.2) is 9.97 Å². The SMILES string of the molecule is NC(=O)CCCNC(=O)c1ccc(NCc2cnc(N)c(C(N)=O)n2)cc1. The summed E-state index contributed by atoms with van der Waals surface area (Å²) in [6, 6.07) is 6.79. The molecular formula is C17H21N7O3. The summed E-state index contributed by atoms with van der Waals surface area (Å²) >= 11 is 0. The van der Waals surface area contributed by atoms with E-state index >= 15 is 0 Å². The van der Waals surface area contributed by atoms with Crippen LogP contribution in [0, 0.1) is 0 Å². The number of benzene rings is 1. The fourth-order valence-corrected chi connectivity index (χ4v) is 2.20. The molecule has 10 nitrogen and oxygen atoms in total. The lowest BCUT2D eigenvalue weighted by Gasteiger charge is -2.09. The Morgan fingerprint density at radius 2 is 1.78 bits per heavy atom. The molecule has 0 saturated heterocycles. The Morgan fingerprint density at radius 1 is 1.07 bits per heavy atom. The molecular weight excluding hydrogens is 350 g/mol. The second-order valence-electron chi connectivity index (χ2n) is 5.72. The average Bonchev–Trinajstić information content (AvgIpc) is 2.64. The lowest BCUT2D eigenvalue weighted by atomic mass is 10.2. The number of nitrogens with two attached hydrogens (primary N) is 3. The Morgan fingerprint density at radius 3 is 2.41 bits per heavy atom. The summed E-state index contributed by atoms with van der Waals surface area (Å²) in [7, 11) is 0. The highest BCUT2D eigenvalue weighted by Crippen LogP contribution is 2.12. The number of carbonyl (C=O) groups is 3. The summed E-state index contributed by atoms with van der Waals surface area (Å²) < 4.78 is 0. The highest BCUT2D eigenvalue weighted by atomic mass is 16.2. The maximum absolute atomic E-state index is 12.0. The van der Waals surface area contributed by atoms with Crippen molar-refractivity contribution in [2.45, 2.75) is 19.4 Å². The molecule has 2 rings (SSSR count). The molecule has 0 spiro atoms. The molecule has 1 heterocycles. The van der Waals surface area contributed by atoms with Crippen LogP contribution in [0.5, 0.6) is 0 Å². The van der Waals surface area contributed by atoms with Crippen molar-refractivity contribution in [2.75, 3.05) is 17.6 Å². The van der Waals surface area contributed by atoms with E-state index in [2.05, 4.69) is 20.6 Å². The van der Waals surface area contributed by atoms with Gasteiger partial charge in [-0.1, -0.05) is 0 Å². The van der Waals surface area contributed by atoms with Gasteiger partial charge in [0.15, 0.2) is 11.5 Å². The topological polar surface area (TPSA) is 179 Å². The summed E-state index contributed by atoms with van der Waals surface area (Å²) in [5.74, 6) is -1.39. The van der Waals surface area contributed by atoms with E-state index < -0.39 is 11.8 Å². The van der Waals surface area contributed by atoms with Gasteiger partial charge in [-0.3, -0.25) is 14.4 Å². The van der Waals surface area contributed by atoms with Gasteiger partial charge < -0.3 is 27.8 Å². The van der Waals surface area contributed by atoms with E-state index in [9.17, 15) is 14.4 Å². The van der Waals surface area contributed by atoms with Gasteiger partial charge in [-0.15, -0.1) is 0 Å². The van der Waals surface area contributed by atoms with E-state index in [0.29, 0.717) is 30.8 Å². The summed E-state index contributed by atoms with van der Waals surface area (Å²) in [6.07, 6.45) is 2.17. The van der Waals surface area contributed by atoms with Crippen LogP contribution in [0.4, 0.5) is 11.5 Å². The fourth-order valence-electron chi connectivity index (χ4n) is 2.20. The molecule has 27 heavy (non-hydrogen) atoms. The molecule has 142 valence electrons. The van der Waals surface area contributed by atoms with E-state index in [4.69, 9.17) is 17.2 Å². The Bertz CT molecular complexity index is 837. The molecule has 1 aromatic carbocycles. The third-order valence-electron chi connectivity index (χ3n) is 3.59. The van der Waals surface area contributed by atoms with Gasteiger partial charge in [0.05, 0.1) is 18.4 Å². The van der Waals surface area contributed by atoms with Crippen LogP contribution in [-0.2, 0) is 11.3 Å². The van der Waals surface area contributed by atoms with Crippen molar-refractivity contribution in [3.8, 4) is 0 Å². The molecule has 0 aliphatic rings. The van der Waals surface area contributed by atoms with Crippen LogP contribution in [0.25, 0.3) is 0 Å². The standard InChI is InChI=1S/C17H21N7O3/c18-13(25)2-1-7-21-17(27)10-3-5-11(6-4-10)22-8-12-9-23-15(19)14(24-12)16(20)26/h3-6,9,22H,1-2,7-8H2,(H2,18,25)(H2,19,23)(H2,20,26)(H,21,27). The summed E-state index contributed by atoms with van der Waals surface area (Å²) in [4.78, 5) is 41.8. The Kier molecular flexibility index (Phi) is 6.64. The first-order chi connectivity index (χ1) is 12.9. The quantitative estimate of drug-likeness (QED) is 0.377. The summed E-state index contributed by atoms with van der Waals surface area (Å²) in [5.41, 5.74) is 17.4. The molecule has 10 heteroatoms. The minimum absolute atomic E-state index is 0.0163. The number of hydrogen-bond acceptors (Lipinski definition) is 7. The van der Waals surface area contributed by atoms with E-state index in [1.807, 2.05) is 0 Å². The smallest absolute Gasteiger partial charge is 0.271 e. The predicted molar refractivity (Wildman–Crippen MR) is 99.5 cm³/mol. The van der Waals surface area contributed by atoms with Gasteiger partial charge in [0, 0.05) is 24.2 Å². The third-order valence-corrected chi connectivity index (χ3v) is 3.59. The molecule has 0 atom stereocenters. The number of nitrogens with one attached hydrogen (secondary N) is 2. The minimum atomic E-state index is -0.743. The first-order valence-corrected chi connectivity index (χ1v) is 8.18. The van der Waals surface area contributed by atoms with Crippen LogP contribution in [0.1, 0.15) is 39.4 Å². The minimum Gasteiger partial charge on any atom is -0.382 e. The molecule has 2 aromatic rings. The second-order valence-corrected chi connectivity index (χ2v) is 5.72. The van der Waals surface area contributed by atoms with Crippen LogP contribution >= 0.6 is 0 Å². The predicted octanol–water partition coefficient (Wildman–Crippen LogP) is -0.235. The molecule has 0 saturated carbocycles. The van der Waals surface area contributed by atoms with Gasteiger partial charge in [0.25, 0.3) is 11.8 Å². The third kappa shape index (κ3) is 5.96. The summed E-state index contributed by atoms with van der Waals surface area (Å²) in [5, 5.41) is 5.81. The highest BCUT2D eigenvalue weighted by molar-refractivity contribution is 5.95. The molecule has 1 aromatic heterocycles. The normalized spacial score (nSPS) is 10.2. The molecule has 0 unspecified atom stereocenters. The molecule has 0 fully saturated rings. The van der Waals surface area contributed by atoms with Crippen molar-refractivity contribution in [1.29, 1.82) is 0 Å². The number of carbonyl (C=O) groups excluding carboxylic acids is 3. The lowest BCUT2D eigenvalue weighted by Crippen LogP contribution is -2.25. The maximum Gasteiger partial charge on any atom is 0.271 e. The van der Waals surface area contributed by atoms with E-state index in [1.54, 1.807) is 24.3 Å². The van der Waals surface area contributed by atoms with Crippen LogP contribution in [0.2, 0.25) is 0 Å². The number of hydrogen-bond donors (Lipinski definition) is 5. The van der Waals surface area contributed by atoms with Crippen molar-refractivity contribution in [1.82, 2.24) is 15.3 Å². The van der Waals surface area contributed by atoms with E-state index in [0.717, 1.165) is 5.69 Å². The van der Waals surface area contributed by atoms with Gasteiger partial charge >= 0.3 is 0 Å². The van der Waals surface area contributed by atoms with Crippen molar-refractivity contribution < 1.29 is 14.4 Å². The van der Waals surface area contributed by atoms with Gasteiger partial charge in [-0.2, -0.15) is 0 Å². The molecule has 3 amide bonds. The molecule has 8 N–H and O–H groups in total. The summed E-state index contributed by atoms with van der Waals surface area (Å²) in [6.45, 7) is 0.673. The Labute approximate surface area is 155 Å². The van der Waals surface area contributed by atoms with Crippen molar-refractivity contribution in [3.63, 3.8) is 0 Å². The van der Waals surface area contributed by atoms with Crippen LogP contribution in [0.15, 0.2) is 30.5 Å². The van der Waals surface area contributed by atoms with Gasteiger partial charge in [-0.05, 0) is 30.7 Å². The second kappa shape index (κ2) is 9.13. The Hall–Kier alpha value is -3.69. The largest absolute Gasteiger partial charge is 0.382 e. The molecule has 0 aliphatic heterocycles. The molecule has 0 radical (unpaired) electrons. The number of primary amides is 2. The van der Waals surface area contributed by atoms with Crippen molar-refractivity contribution in [3.05, 3.63) is 47.4 Å². The number of aromatic nitrogens is 2. The van der Waals surface area contributed by atoms with E-state index in [1.165, 1.54) is 6.20 Å². The lowest BCUT2D eigenvalue weighted by molar-refractivity contribution is -0.118. The highest BCUT2D eigenvalue weighted by Gasteiger charge is 2.10. The van der Waals surface area contributed by atoms with Gasteiger partial charge in [0.1, 0.15) is 0 Å². The Balaban J connectivity index is 1.88. The average molecular weight is 371 g/mol. The van der Waals surface area contributed by atoms with E-state index in [-0.39, 0.29) is 23.8 Å². The van der Waals surface area contributed by atoms with Crippen LogP contribution in [-0.4, -0.2) is 34.2 Å². The number of amides is 3. The first kappa shape index (κ1) is 19.6. The number of rotatable bonds is 9. The van der Waals surface area contributed by atoms with Gasteiger partial charge in [0.2, 0.25) is 5.91 Å². The zero-order valence-corrected chi connectivity index (χ0v) is 14.6. The van der Waals surface area contributed by atoms with Crippen LogP contribution in [0.3, 0.4) is 0 Å². The fraction of sp³-hybridized carbons (Fsp3) is 0.235. The van der Waals surface area contributed by atoms with Crippen molar-refractivity contribution in [2.24, 2.45) is 11.5 Å². The number of nitrogens with zero attached hydrogens (tertiary/aromatic N) is 2. The zero-order valence-electron chi connectivity index (χ0n) is 14.6. The molecule has 0 bridgehead atoms. The van der Waals surface area contributed by atoms with Crippen LogP contribution < -0.4 is 27.8 Å². The monoisotopic (exact) mass is 371 g/mol. The maximum atomic E-state index is 12.0. The van der Waals surface area contributed by atoms with Crippen molar-refractivity contribution >= 4 is 29.2 Å². The zero-order chi connectivity index (χ0) is 19.8. The first-order valence-electron chi connectivity index (χ1n) is 8.18. The number of anilines is 2.